The molecule has 0 saturated carbocycles. The molecule has 0 fully saturated rings. The van der Waals surface area contributed by atoms with Gasteiger partial charge in [-0.05, 0) is 62.7 Å². The van der Waals surface area contributed by atoms with Gasteiger partial charge in [0.1, 0.15) is 17.6 Å². The molecule has 0 saturated heterocycles. The number of hydrogen-bond donors (Lipinski definition) is 1. The quantitative estimate of drug-likeness (QED) is 0.672. The minimum Gasteiger partial charge on any atom is -0.492 e. The number of rotatable bonds is 5. The molecule has 0 spiro atoms. The van der Waals surface area contributed by atoms with E-state index in [1.54, 1.807) is 18.2 Å². The lowest BCUT2D eigenvalue weighted by molar-refractivity contribution is 0.0931. The Hall–Kier alpha value is -3.67. The number of hydrogen-bond acceptors (Lipinski definition) is 5. The summed E-state index contributed by atoms with van der Waals surface area (Å²) in [6.07, 6.45) is -0.0600. The zero-order valence-electron chi connectivity index (χ0n) is 17.8. The second-order valence-corrected chi connectivity index (χ2v) is 7.75. The lowest BCUT2D eigenvalue weighted by Gasteiger charge is -2.25. The average Bonchev–Trinajstić information content (AvgIpc) is 2.73. The molecule has 1 amide bonds. The molecule has 0 aliphatic carbocycles. The van der Waals surface area contributed by atoms with Gasteiger partial charge in [0, 0.05) is 34.5 Å². The van der Waals surface area contributed by atoms with E-state index in [-0.39, 0.29) is 5.78 Å². The average molecular weight is 416 g/mol. The van der Waals surface area contributed by atoms with E-state index >= 15 is 0 Å². The van der Waals surface area contributed by atoms with E-state index in [9.17, 15) is 9.59 Å². The first kappa shape index (κ1) is 20.6. The first-order valence-electron chi connectivity index (χ1n) is 10.1. The van der Waals surface area contributed by atoms with E-state index in [2.05, 4.69) is 4.98 Å². The first-order valence-corrected chi connectivity index (χ1v) is 10.1. The molecule has 1 aromatic heterocycles. The molecule has 0 radical (unpaired) electrons. The molecule has 6 nitrogen and oxygen atoms in total. The number of fused-ring (bicyclic) bond motifs is 1. The maximum absolute atomic E-state index is 12.2. The Kier molecular flexibility index (Phi) is 5.46. The number of nitrogens with zero attached hydrogens (tertiary/aromatic N) is 1. The Morgan fingerprint density at radius 2 is 1.71 bits per heavy atom. The molecule has 1 atom stereocenters. The summed E-state index contributed by atoms with van der Waals surface area (Å²) in [5, 5.41) is 0. The fourth-order valence-electron chi connectivity index (χ4n) is 3.88. The highest BCUT2D eigenvalue weighted by Gasteiger charge is 2.25. The van der Waals surface area contributed by atoms with Gasteiger partial charge in [-0.1, -0.05) is 12.1 Å². The van der Waals surface area contributed by atoms with Crippen molar-refractivity contribution in [1.82, 2.24) is 4.98 Å². The van der Waals surface area contributed by atoms with Crippen molar-refractivity contribution in [2.75, 3.05) is 6.61 Å². The van der Waals surface area contributed by atoms with Gasteiger partial charge in [-0.15, -0.1) is 0 Å². The van der Waals surface area contributed by atoms with Crippen molar-refractivity contribution in [2.45, 2.75) is 33.3 Å². The van der Waals surface area contributed by atoms with Crippen LogP contribution in [0.4, 0.5) is 0 Å². The molecule has 0 unspecified atom stereocenters. The number of carbonyl (C=O) groups excluding carboxylic acids is 2. The minimum atomic E-state index is -0.480. The highest BCUT2D eigenvalue weighted by atomic mass is 16.5. The van der Waals surface area contributed by atoms with E-state index in [0.717, 1.165) is 28.1 Å². The van der Waals surface area contributed by atoms with E-state index in [4.69, 9.17) is 15.2 Å². The molecule has 31 heavy (non-hydrogen) atoms. The number of nitrogens with two attached hydrogens (primary N) is 1. The standard InChI is InChI=1S/C25H24N2O4/c1-14-12-19(13-15(2)27-14)24(17-4-6-18(7-5-17)25(26)29)31-22-9-8-20-21(28)10-11-30-23(20)16(22)3/h4-9,12-13,24H,10-11H2,1-3H3,(H2,26,29)/t24-/m1/s1. The smallest absolute Gasteiger partial charge is 0.248 e. The van der Waals surface area contributed by atoms with Gasteiger partial charge in [0.2, 0.25) is 5.91 Å². The SMILES string of the molecule is Cc1cc([C@H](Oc2ccc3c(c2C)OCCC3=O)c2ccc(C(N)=O)cc2)cc(C)n1. The van der Waals surface area contributed by atoms with E-state index in [0.29, 0.717) is 35.7 Å². The Morgan fingerprint density at radius 3 is 2.35 bits per heavy atom. The van der Waals surface area contributed by atoms with E-state index in [1.807, 2.05) is 51.1 Å². The van der Waals surface area contributed by atoms with Gasteiger partial charge in [0.15, 0.2) is 5.78 Å². The number of pyridine rings is 1. The molecule has 3 aromatic rings. The zero-order valence-corrected chi connectivity index (χ0v) is 17.8. The van der Waals surface area contributed by atoms with Gasteiger partial charge in [0.05, 0.1) is 12.2 Å². The van der Waals surface area contributed by atoms with Gasteiger partial charge < -0.3 is 15.2 Å². The monoisotopic (exact) mass is 416 g/mol. The van der Waals surface area contributed by atoms with Crippen LogP contribution >= 0.6 is 0 Å². The van der Waals surface area contributed by atoms with Crippen LogP contribution in [0, 0.1) is 20.8 Å². The summed E-state index contributed by atoms with van der Waals surface area (Å²) in [7, 11) is 0. The number of aromatic nitrogens is 1. The number of ether oxygens (including phenoxy) is 2. The van der Waals surface area contributed by atoms with Crippen molar-refractivity contribution in [3.8, 4) is 11.5 Å². The molecule has 2 N–H and O–H groups in total. The predicted octanol–water partition coefficient (Wildman–Crippen LogP) is 4.24. The van der Waals surface area contributed by atoms with Crippen LogP contribution in [-0.2, 0) is 0 Å². The van der Waals surface area contributed by atoms with Crippen molar-refractivity contribution >= 4 is 11.7 Å². The summed E-state index contributed by atoms with van der Waals surface area (Å²) >= 11 is 0. The number of carbonyl (C=O) groups is 2. The van der Waals surface area contributed by atoms with Crippen molar-refractivity contribution in [2.24, 2.45) is 5.73 Å². The summed E-state index contributed by atoms with van der Waals surface area (Å²) in [5.74, 6) is 0.810. The zero-order chi connectivity index (χ0) is 22.1. The maximum atomic E-state index is 12.2. The number of ketones is 1. The number of primary amides is 1. The molecular formula is C25H24N2O4. The predicted molar refractivity (Wildman–Crippen MR) is 117 cm³/mol. The summed E-state index contributed by atoms with van der Waals surface area (Å²) in [5.41, 5.74) is 10.8. The number of amides is 1. The Balaban J connectivity index is 1.78. The van der Waals surface area contributed by atoms with Crippen molar-refractivity contribution in [1.29, 1.82) is 0 Å². The third-order valence-corrected chi connectivity index (χ3v) is 5.38. The Bertz CT molecular complexity index is 1150. The lowest BCUT2D eigenvalue weighted by atomic mass is 9.98. The second-order valence-electron chi connectivity index (χ2n) is 7.75. The van der Waals surface area contributed by atoms with Crippen LogP contribution in [0.3, 0.4) is 0 Å². The normalized spacial score (nSPS) is 13.8. The highest BCUT2D eigenvalue weighted by molar-refractivity contribution is 6.00. The molecule has 6 heteroatoms. The second kappa shape index (κ2) is 8.22. The van der Waals surface area contributed by atoms with Crippen LogP contribution in [0.2, 0.25) is 0 Å². The molecule has 1 aliphatic heterocycles. The number of Topliss-reactive ketones (excluding diaryl/α,β-unsaturated/α-hetero) is 1. The van der Waals surface area contributed by atoms with Crippen LogP contribution in [0.1, 0.15) is 61.3 Å². The third kappa shape index (κ3) is 4.14. The first-order chi connectivity index (χ1) is 14.8. The van der Waals surface area contributed by atoms with Gasteiger partial charge in [-0.3, -0.25) is 14.6 Å². The molecule has 0 bridgehead atoms. The van der Waals surface area contributed by atoms with Crippen LogP contribution in [0.25, 0.3) is 0 Å². The van der Waals surface area contributed by atoms with Crippen molar-refractivity contribution in [3.63, 3.8) is 0 Å². The van der Waals surface area contributed by atoms with Crippen LogP contribution in [-0.4, -0.2) is 23.3 Å². The Labute approximate surface area is 181 Å². The fourth-order valence-corrected chi connectivity index (χ4v) is 3.88. The van der Waals surface area contributed by atoms with E-state index < -0.39 is 12.0 Å². The Morgan fingerprint density at radius 1 is 1.03 bits per heavy atom. The largest absolute Gasteiger partial charge is 0.492 e. The van der Waals surface area contributed by atoms with Crippen LogP contribution in [0.15, 0.2) is 48.5 Å². The van der Waals surface area contributed by atoms with Gasteiger partial charge in [0.25, 0.3) is 0 Å². The molecule has 2 heterocycles. The van der Waals surface area contributed by atoms with Crippen LogP contribution in [0.5, 0.6) is 11.5 Å². The molecule has 158 valence electrons. The van der Waals surface area contributed by atoms with Gasteiger partial charge in [-0.25, -0.2) is 0 Å². The molecule has 2 aromatic carbocycles. The molecular weight excluding hydrogens is 392 g/mol. The highest BCUT2D eigenvalue weighted by Crippen LogP contribution is 2.38. The summed E-state index contributed by atoms with van der Waals surface area (Å²) in [6.45, 7) is 6.14. The maximum Gasteiger partial charge on any atom is 0.248 e. The molecule has 1 aliphatic rings. The summed E-state index contributed by atoms with van der Waals surface area (Å²) < 4.78 is 12.3. The summed E-state index contributed by atoms with van der Waals surface area (Å²) in [6, 6.07) is 14.6. The van der Waals surface area contributed by atoms with Crippen molar-refractivity contribution in [3.05, 3.63) is 87.7 Å². The van der Waals surface area contributed by atoms with Crippen LogP contribution < -0.4 is 15.2 Å². The fraction of sp³-hybridized carbons (Fsp3) is 0.240. The number of benzene rings is 2. The summed E-state index contributed by atoms with van der Waals surface area (Å²) in [4.78, 5) is 28.2. The topological polar surface area (TPSA) is 91.5 Å². The minimum absolute atomic E-state index is 0.0786. The third-order valence-electron chi connectivity index (χ3n) is 5.38. The molecule has 4 rings (SSSR count). The van der Waals surface area contributed by atoms with Crippen molar-refractivity contribution < 1.29 is 19.1 Å². The van der Waals surface area contributed by atoms with Gasteiger partial charge >= 0.3 is 0 Å². The van der Waals surface area contributed by atoms with E-state index in [1.165, 1.54) is 0 Å². The van der Waals surface area contributed by atoms with Gasteiger partial charge in [-0.2, -0.15) is 0 Å². The lowest BCUT2D eigenvalue weighted by Crippen LogP contribution is -2.17. The number of aryl methyl sites for hydroxylation is 2.